The first-order valence-corrected chi connectivity index (χ1v) is 7.95. The zero-order valence-corrected chi connectivity index (χ0v) is 14.9. The van der Waals surface area contributed by atoms with Crippen molar-refractivity contribution in [2.75, 3.05) is 13.7 Å². The number of hydrogen-bond acceptors (Lipinski definition) is 4. The number of amides is 1. The molecule has 0 unspecified atom stereocenters. The van der Waals surface area contributed by atoms with Crippen molar-refractivity contribution in [1.29, 1.82) is 0 Å². The van der Waals surface area contributed by atoms with Crippen LogP contribution in [0.4, 0.5) is 4.79 Å². The molecule has 0 atom stereocenters. The standard InChI is InChI=1S/C19H22N2O4/c1-19(2,3)25-18(23)20-10-6-5-7-13-8-9-16-14(11-13)15(12-21-16)17(22)24-4/h8-9,11-12,21H,6,10H2,1-4H3,(H,20,23). The van der Waals surface area contributed by atoms with E-state index >= 15 is 0 Å². The van der Waals surface area contributed by atoms with Gasteiger partial charge in [-0.05, 0) is 39.0 Å². The van der Waals surface area contributed by atoms with Crippen LogP contribution in [0.5, 0.6) is 0 Å². The molecule has 1 aromatic carbocycles. The number of rotatable bonds is 3. The molecule has 2 rings (SSSR count). The van der Waals surface area contributed by atoms with E-state index in [-0.39, 0.29) is 0 Å². The molecule has 25 heavy (non-hydrogen) atoms. The fraction of sp³-hybridized carbons (Fsp3) is 0.368. The molecule has 0 aliphatic rings. The number of carbonyl (C=O) groups is 2. The molecule has 2 N–H and O–H groups in total. The first-order chi connectivity index (χ1) is 11.8. The molecule has 1 amide bonds. The van der Waals surface area contributed by atoms with Gasteiger partial charge in [0.05, 0.1) is 12.7 Å². The minimum absolute atomic E-state index is 0.391. The molecule has 6 heteroatoms. The molecule has 1 heterocycles. The van der Waals surface area contributed by atoms with Gasteiger partial charge in [-0.2, -0.15) is 0 Å². The predicted molar refractivity (Wildman–Crippen MR) is 95.4 cm³/mol. The van der Waals surface area contributed by atoms with Crippen molar-refractivity contribution < 1.29 is 19.1 Å². The Balaban J connectivity index is 1.96. The van der Waals surface area contributed by atoms with E-state index in [0.717, 1.165) is 16.5 Å². The van der Waals surface area contributed by atoms with Crippen molar-refractivity contribution in [1.82, 2.24) is 10.3 Å². The summed E-state index contributed by atoms with van der Waals surface area (Å²) in [4.78, 5) is 26.3. The molecule has 0 bridgehead atoms. The lowest BCUT2D eigenvalue weighted by atomic mass is 10.1. The van der Waals surface area contributed by atoms with Crippen molar-refractivity contribution in [3.05, 3.63) is 35.5 Å². The normalized spacial score (nSPS) is 10.7. The molecule has 2 aromatic rings. The molecular weight excluding hydrogens is 320 g/mol. The van der Waals surface area contributed by atoms with Gasteiger partial charge in [0, 0.05) is 35.6 Å². The molecule has 0 aliphatic carbocycles. The zero-order chi connectivity index (χ0) is 18.4. The van der Waals surface area contributed by atoms with Gasteiger partial charge in [0.25, 0.3) is 0 Å². The minimum atomic E-state index is -0.515. The van der Waals surface area contributed by atoms with Crippen LogP contribution in [-0.2, 0) is 9.47 Å². The SMILES string of the molecule is COC(=O)c1c[nH]c2ccc(C#CCCNC(=O)OC(C)(C)C)cc12. The number of alkyl carbamates (subject to hydrolysis) is 1. The van der Waals surface area contributed by atoms with Crippen molar-refractivity contribution in [3.63, 3.8) is 0 Å². The fourth-order valence-corrected chi connectivity index (χ4v) is 2.18. The number of hydrogen-bond donors (Lipinski definition) is 2. The summed E-state index contributed by atoms with van der Waals surface area (Å²) in [6.45, 7) is 5.84. The van der Waals surface area contributed by atoms with Gasteiger partial charge in [-0.3, -0.25) is 0 Å². The first-order valence-electron chi connectivity index (χ1n) is 7.95. The summed E-state index contributed by atoms with van der Waals surface area (Å²) >= 11 is 0. The van der Waals surface area contributed by atoms with Crippen LogP contribution >= 0.6 is 0 Å². The highest BCUT2D eigenvalue weighted by molar-refractivity contribution is 6.04. The second-order valence-electron chi connectivity index (χ2n) is 6.43. The van der Waals surface area contributed by atoms with Crippen LogP contribution in [0.2, 0.25) is 0 Å². The number of fused-ring (bicyclic) bond motifs is 1. The Morgan fingerprint density at radius 3 is 2.72 bits per heavy atom. The summed E-state index contributed by atoms with van der Waals surface area (Å²) < 4.78 is 9.91. The smallest absolute Gasteiger partial charge is 0.407 e. The lowest BCUT2D eigenvalue weighted by Gasteiger charge is -2.19. The lowest BCUT2D eigenvalue weighted by Crippen LogP contribution is -2.32. The van der Waals surface area contributed by atoms with Crippen LogP contribution in [0.3, 0.4) is 0 Å². The van der Waals surface area contributed by atoms with E-state index in [4.69, 9.17) is 9.47 Å². The van der Waals surface area contributed by atoms with Gasteiger partial charge >= 0.3 is 12.1 Å². The van der Waals surface area contributed by atoms with Crippen molar-refractivity contribution in [3.8, 4) is 11.8 Å². The van der Waals surface area contributed by atoms with Crippen LogP contribution in [0.1, 0.15) is 43.1 Å². The molecule has 1 aromatic heterocycles. The largest absolute Gasteiger partial charge is 0.465 e. The third-order valence-corrected chi connectivity index (χ3v) is 3.24. The number of H-pyrrole nitrogens is 1. The highest BCUT2D eigenvalue weighted by atomic mass is 16.6. The van der Waals surface area contributed by atoms with Crippen molar-refractivity contribution in [2.24, 2.45) is 0 Å². The number of ether oxygens (including phenoxy) is 2. The van der Waals surface area contributed by atoms with Gasteiger partial charge < -0.3 is 19.8 Å². The van der Waals surface area contributed by atoms with Crippen LogP contribution in [-0.4, -0.2) is 36.3 Å². The second kappa shape index (κ2) is 7.75. The molecule has 6 nitrogen and oxygen atoms in total. The second-order valence-corrected chi connectivity index (χ2v) is 6.43. The maximum absolute atomic E-state index is 11.7. The van der Waals surface area contributed by atoms with Gasteiger partial charge in [0.2, 0.25) is 0 Å². The van der Waals surface area contributed by atoms with Gasteiger partial charge in [-0.1, -0.05) is 11.8 Å². The summed E-state index contributed by atoms with van der Waals surface area (Å²) in [7, 11) is 1.35. The van der Waals surface area contributed by atoms with Gasteiger partial charge in [-0.25, -0.2) is 9.59 Å². The summed E-state index contributed by atoms with van der Waals surface area (Å²) in [6, 6.07) is 5.57. The Morgan fingerprint density at radius 2 is 2.04 bits per heavy atom. The summed E-state index contributed by atoms with van der Waals surface area (Å²) in [5.41, 5.74) is 1.60. The Morgan fingerprint density at radius 1 is 1.28 bits per heavy atom. The van der Waals surface area contributed by atoms with Gasteiger partial charge in [0.15, 0.2) is 0 Å². The molecule has 0 aliphatic heterocycles. The predicted octanol–water partition coefficient (Wildman–Crippen LogP) is 3.22. The van der Waals surface area contributed by atoms with E-state index in [1.807, 2.05) is 39.0 Å². The van der Waals surface area contributed by atoms with E-state index in [2.05, 4.69) is 22.1 Å². The topological polar surface area (TPSA) is 80.4 Å². The average Bonchev–Trinajstić information content (AvgIpc) is 2.95. The molecule has 0 saturated heterocycles. The van der Waals surface area contributed by atoms with Crippen LogP contribution in [0, 0.1) is 11.8 Å². The van der Waals surface area contributed by atoms with Crippen molar-refractivity contribution >= 4 is 23.0 Å². The highest BCUT2D eigenvalue weighted by Crippen LogP contribution is 2.20. The number of esters is 1. The van der Waals surface area contributed by atoms with Crippen LogP contribution in [0.15, 0.2) is 24.4 Å². The molecule has 0 radical (unpaired) electrons. The highest BCUT2D eigenvalue weighted by Gasteiger charge is 2.15. The molecule has 132 valence electrons. The molecular formula is C19H22N2O4. The van der Waals surface area contributed by atoms with Crippen molar-refractivity contribution in [2.45, 2.75) is 32.8 Å². The van der Waals surface area contributed by atoms with Gasteiger partial charge in [0.1, 0.15) is 5.60 Å². The fourth-order valence-electron chi connectivity index (χ4n) is 2.18. The lowest BCUT2D eigenvalue weighted by molar-refractivity contribution is 0.0527. The van der Waals surface area contributed by atoms with E-state index in [1.165, 1.54) is 7.11 Å². The number of nitrogens with one attached hydrogen (secondary N) is 2. The Labute approximate surface area is 146 Å². The Kier molecular flexibility index (Phi) is 5.71. The third-order valence-electron chi connectivity index (χ3n) is 3.24. The Bertz CT molecular complexity index is 834. The average molecular weight is 342 g/mol. The summed E-state index contributed by atoms with van der Waals surface area (Å²) in [5.74, 6) is 5.63. The number of aromatic nitrogens is 1. The monoisotopic (exact) mass is 342 g/mol. The van der Waals surface area contributed by atoms with Crippen LogP contribution < -0.4 is 5.32 Å². The maximum atomic E-state index is 11.7. The number of aromatic amines is 1. The number of carbonyl (C=O) groups excluding carboxylic acids is 2. The van der Waals surface area contributed by atoms with E-state index in [9.17, 15) is 9.59 Å². The minimum Gasteiger partial charge on any atom is -0.465 e. The number of benzene rings is 1. The van der Waals surface area contributed by atoms with E-state index < -0.39 is 17.7 Å². The quantitative estimate of drug-likeness (QED) is 0.510. The zero-order valence-electron chi connectivity index (χ0n) is 14.9. The summed E-state index contributed by atoms with van der Waals surface area (Å²) in [5, 5.41) is 3.42. The first kappa shape index (κ1) is 18.4. The van der Waals surface area contributed by atoms with E-state index in [1.54, 1.807) is 6.20 Å². The number of methoxy groups -OCH3 is 1. The van der Waals surface area contributed by atoms with E-state index in [0.29, 0.717) is 18.5 Å². The molecule has 0 spiro atoms. The third kappa shape index (κ3) is 5.28. The van der Waals surface area contributed by atoms with Gasteiger partial charge in [-0.15, -0.1) is 0 Å². The summed E-state index contributed by atoms with van der Waals surface area (Å²) in [6.07, 6.45) is 1.66. The van der Waals surface area contributed by atoms with Crippen LogP contribution in [0.25, 0.3) is 10.9 Å². The maximum Gasteiger partial charge on any atom is 0.407 e. The molecule has 0 fully saturated rings. The Hall–Kier alpha value is -2.94. The molecule has 0 saturated carbocycles.